The van der Waals surface area contributed by atoms with Gasteiger partial charge in [-0.15, -0.1) is 0 Å². The fourth-order valence-electron chi connectivity index (χ4n) is 4.37. The maximum absolute atomic E-state index is 13.5. The molecule has 0 spiro atoms. The molecule has 1 aliphatic heterocycles. The van der Waals surface area contributed by atoms with Crippen molar-refractivity contribution in [2.75, 3.05) is 25.0 Å². The SMILES string of the molecule is CCCN(CC)C(=O)CC[C@@]1(Cc2ccccc2)C(=O)N(C)c2ccccc21. The number of hydrogen-bond acceptors (Lipinski definition) is 2. The molecule has 0 bridgehead atoms. The summed E-state index contributed by atoms with van der Waals surface area (Å²) in [5, 5.41) is 0. The molecular formula is C24H30N2O2. The number of carbonyl (C=O) groups excluding carboxylic acids is 2. The molecule has 0 fully saturated rings. The molecule has 148 valence electrons. The highest BCUT2D eigenvalue weighted by molar-refractivity contribution is 6.08. The molecule has 2 aromatic rings. The summed E-state index contributed by atoms with van der Waals surface area (Å²) in [7, 11) is 1.84. The summed E-state index contributed by atoms with van der Waals surface area (Å²) >= 11 is 0. The van der Waals surface area contributed by atoms with Gasteiger partial charge in [-0.1, -0.05) is 55.5 Å². The van der Waals surface area contributed by atoms with E-state index in [9.17, 15) is 9.59 Å². The number of nitrogens with zero attached hydrogens (tertiary/aromatic N) is 2. The lowest BCUT2D eigenvalue weighted by atomic mass is 9.73. The number of para-hydroxylation sites is 1. The van der Waals surface area contributed by atoms with Gasteiger partial charge >= 0.3 is 0 Å². The Morgan fingerprint density at radius 2 is 1.71 bits per heavy atom. The van der Waals surface area contributed by atoms with Crippen LogP contribution in [0.3, 0.4) is 0 Å². The van der Waals surface area contributed by atoms with E-state index in [1.165, 1.54) is 0 Å². The molecule has 4 heteroatoms. The lowest BCUT2D eigenvalue weighted by Crippen LogP contribution is -2.42. The topological polar surface area (TPSA) is 40.6 Å². The van der Waals surface area contributed by atoms with Crippen molar-refractivity contribution in [2.45, 2.75) is 44.9 Å². The summed E-state index contributed by atoms with van der Waals surface area (Å²) < 4.78 is 0. The highest BCUT2D eigenvalue weighted by Crippen LogP contribution is 2.46. The maximum atomic E-state index is 13.5. The molecule has 4 nitrogen and oxygen atoms in total. The van der Waals surface area contributed by atoms with E-state index in [-0.39, 0.29) is 11.8 Å². The normalized spacial score (nSPS) is 18.2. The molecule has 0 N–H and O–H groups in total. The van der Waals surface area contributed by atoms with Gasteiger partial charge in [-0.3, -0.25) is 9.59 Å². The van der Waals surface area contributed by atoms with Crippen LogP contribution in [-0.4, -0.2) is 36.9 Å². The van der Waals surface area contributed by atoms with Gasteiger partial charge in [0.2, 0.25) is 11.8 Å². The van der Waals surface area contributed by atoms with Crippen LogP contribution in [0.2, 0.25) is 0 Å². The van der Waals surface area contributed by atoms with E-state index in [1.807, 2.05) is 61.3 Å². The third-order valence-electron chi connectivity index (χ3n) is 5.84. The highest BCUT2D eigenvalue weighted by atomic mass is 16.2. The molecule has 1 atom stereocenters. The monoisotopic (exact) mass is 378 g/mol. The third kappa shape index (κ3) is 3.68. The second-order valence-electron chi connectivity index (χ2n) is 7.60. The van der Waals surface area contributed by atoms with Gasteiger partial charge in [-0.2, -0.15) is 0 Å². The van der Waals surface area contributed by atoms with Gasteiger partial charge in [-0.25, -0.2) is 0 Å². The number of hydrogen-bond donors (Lipinski definition) is 0. The minimum absolute atomic E-state index is 0.0869. The first-order valence-corrected chi connectivity index (χ1v) is 10.2. The van der Waals surface area contributed by atoms with Crippen molar-refractivity contribution < 1.29 is 9.59 Å². The number of benzene rings is 2. The van der Waals surface area contributed by atoms with Gasteiger partial charge < -0.3 is 9.80 Å². The lowest BCUT2D eigenvalue weighted by Gasteiger charge is -2.30. The first-order chi connectivity index (χ1) is 13.5. The third-order valence-corrected chi connectivity index (χ3v) is 5.84. The van der Waals surface area contributed by atoms with Gasteiger partial charge in [0.05, 0.1) is 5.41 Å². The van der Waals surface area contributed by atoms with Gasteiger partial charge in [0.15, 0.2) is 0 Å². The quantitative estimate of drug-likeness (QED) is 0.691. The van der Waals surface area contributed by atoms with E-state index in [2.05, 4.69) is 19.1 Å². The molecule has 2 amide bonds. The summed E-state index contributed by atoms with van der Waals surface area (Å²) in [4.78, 5) is 29.9. The predicted octanol–water partition coefficient (Wildman–Crippen LogP) is 4.18. The van der Waals surface area contributed by atoms with Gasteiger partial charge in [0, 0.05) is 32.2 Å². The lowest BCUT2D eigenvalue weighted by molar-refractivity contribution is -0.132. The van der Waals surface area contributed by atoms with E-state index in [1.54, 1.807) is 4.90 Å². The van der Waals surface area contributed by atoms with Crippen LogP contribution in [0.25, 0.3) is 0 Å². The standard InChI is InChI=1S/C24H30N2O2/c1-4-17-26(5-2)22(27)15-16-24(18-19-11-7-6-8-12-19)20-13-9-10-14-21(20)25(3)23(24)28/h6-14H,4-5,15-18H2,1-3H3/t24-/m0/s1. The summed E-state index contributed by atoms with van der Waals surface area (Å²) in [6.07, 6.45) is 2.47. The van der Waals surface area contributed by atoms with Gasteiger partial charge in [0.25, 0.3) is 0 Å². The Morgan fingerprint density at radius 1 is 1.04 bits per heavy atom. The Morgan fingerprint density at radius 3 is 2.39 bits per heavy atom. The number of rotatable bonds is 8. The molecule has 2 aromatic carbocycles. The van der Waals surface area contributed by atoms with Gasteiger partial charge in [-0.05, 0) is 43.4 Å². The Hall–Kier alpha value is -2.62. The Bertz CT molecular complexity index is 834. The molecule has 0 aromatic heterocycles. The zero-order valence-electron chi connectivity index (χ0n) is 17.1. The van der Waals surface area contributed by atoms with Crippen molar-refractivity contribution in [3.63, 3.8) is 0 Å². The first-order valence-electron chi connectivity index (χ1n) is 10.2. The van der Waals surface area contributed by atoms with Crippen molar-refractivity contribution >= 4 is 17.5 Å². The van der Waals surface area contributed by atoms with E-state index in [0.29, 0.717) is 25.8 Å². The van der Waals surface area contributed by atoms with Crippen molar-refractivity contribution in [1.82, 2.24) is 4.90 Å². The van der Waals surface area contributed by atoms with Crippen LogP contribution in [0.1, 0.15) is 44.2 Å². The maximum Gasteiger partial charge on any atom is 0.237 e. The minimum atomic E-state index is -0.687. The largest absolute Gasteiger partial charge is 0.343 e. The minimum Gasteiger partial charge on any atom is -0.343 e. The van der Waals surface area contributed by atoms with Gasteiger partial charge in [0.1, 0.15) is 0 Å². The van der Waals surface area contributed by atoms with Crippen LogP contribution in [0, 0.1) is 0 Å². The molecule has 3 rings (SSSR count). The Labute approximate surface area is 168 Å². The fraction of sp³-hybridized carbons (Fsp3) is 0.417. The zero-order valence-corrected chi connectivity index (χ0v) is 17.1. The molecule has 0 aliphatic carbocycles. The van der Waals surface area contributed by atoms with Crippen molar-refractivity contribution in [3.05, 3.63) is 65.7 Å². The number of fused-ring (bicyclic) bond motifs is 1. The second kappa shape index (κ2) is 8.59. The molecular weight excluding hydrogens is 348 g/mol. The van der Waals surface area contributed by atoms with Crippen LogP contribution >= 0.6 is 0 Å². The number of amides is 2. The number of carbonyl (C=O) groups is 2. The molecule has 1 aliphatic rings. The van der Waals surface area contributed by atoms with Crippen molar-refractivity contribution in [2.24, 2.45) is 0 Å². The Kier molecular flexibility index (Phi) is 6.18. The summed E-state index contributed by atoms with van der Waals surface area (Å²) in [5.41, 5.74) is 2.43. The van der Waals surface area contributed by atoms with Crippen molar-refractivity contribution in [3.8, 4) is 0 Å². The van der Waals surface area contributed by atoms with E-state index in [4.69, 9.17) is 0 Å². The van der Waals surface area contributed by atoms with E-state index < -0.39 is 5.41 Å². The number of anilines is 1. The average molecular weight is 379 g/mol. The van der Waals surface area contributed by atoms with E-state index in [0.717, 1.165) is 29.8 Å². The number of likely N-dealkylation sites (N-methyl/N-ethyl adjacent to an activating group) is 1. The van der Waals surface area contributed by atoms with Crippen LogP contribution in [0.5, 0.6) is 0 Å². The van der Waals surface area contributed by atoms with Crippen LogP contribution in [0.15, 0.2) is 54.6 Å². The molecule has 0 radical (unpaired) electrons. The predicted molar refractivity (Wildman–Crippen MR) is 113 cm³/mol. The summed E-state index contributed by atoms with van der Waals surface area (Å²) in [5.74, 6) is 0.223. The average Bonchev–Trinajstić information content (AvgIpc) is 2.93. The summed E-state index contributed by atoms with van der Waals surface area (Å²) in [6, 6.07) is 18.1. The molecule has 1 heterocycles. The first kappa shape index (κ1) is 20.1. The Balaban J connectivity index is 1.95. The van der Waals surface area contributed by atoms with Crippen LogP contribution in [-0.2, 0) is 21.4 Å². The second-order valence-corrected chi connectivity index (χ2v) is 7.60. The van der Waals surface area contributed by atoms with Crippen LogP contribution < -0.4 is 4.90 Å². The smallest absolute Gasteiger partial charge is 0.237 e. The fourth-order valence-corrected chi connectivity index (χ4v) is 4.37. The molecule has 0 unspecified atom stereocenters. The van der Waals surface area contributed by atoms with E-state index >= 15 is 0 Å². The molecule has 0 saturated carbocycles. The molecule has 28 heavy (non-hydrogen) atoms. The van der Waals surface area contributed by atoms with Crippen molar-refractivity contribution in [1.29, 1.82) is 0 Å². The highest BCUT2D eigenvalue weighted by Gasteiger charge is 2.49. The van der Waals surface area contributed by atoms with Crippen LogP contribution in [0.4, 0.5) is 5.69 Å². The zero-order chi connectivity index (χ0) is 20.1. The summed E-state index contributed by atoms with van der Waals surface area (Å²) in [6.45, 7) is 5.57. The molecule has 0 saturated heterocycles.